The zero-order valence-corrected chi connectivity index (χ0v) is 16.4. The lowest BCUT2D eigenvalue weighted by Gasteiger charge is -2.24. The van der Waals surface area contributed by atoms with E-state index in [9.17, 15) is 4.79 Å². The fourth-order valence-electron chi connectivity index (χ4n) is 3.46. The fraction of sp³-hybridized carbons (Fsp3) is 0.182. The topological polar surface area (TPSA) is 65.4 Å². The van der Waals surface area contributed by atoms with Gasteiger partial charge in [0, 0.05) is 22.9 Å². The van der Waals surface area contributed by atoms with Gasteiger partial charge in [0.1, 0.15) is 12.4 Å². The van der Waals surface area contributed by atoms with Crippen molar-refractivity contribution in [2.75, 3.05) is 19.0 Å². The van der Waals surface area contributed by atoms with Crippen molar-refractivity contribution in [3.05, 3.63) is 64.8 Å². The van der Waals surface area contributed by atoms with E-state index in [0.717, 1.165) is 16.8 Å². The van der Waals surface area contributed by atoms with Gasteiger partial charge in [-0.1, -0.05) is 29.7 Å². The van der Waals surface area contributed by atoms with Crippen molar-refractivity contribution >= 4 is 23.3 Å². The van der Waals surface area contributed by atoms with Crippen molar-refractivity contribution in [3.63, 3.8) is 0 Å². The molecule has 4 rings (SSSR count). The highest BCUT2D eigenvalue weighted by Gasteiger charge is 2.31. The van der Waals surface area contributed by atoms with Gasteiger partial charge >= 0.3 is 0 Å². The molecule has 0 unspecified atom stereocenters. The molecule has 6 nitrogen and oxygen atoms in total. The van der Waals surface area contributed by atoms with Crippen LogP contribution in [0.5, 0.6) is 11.5 Å². The minimum atomic E-state index is -0.165. The predicted molar refractivity (Wildman–Crippen MR) is 111 cm³/mol. The van der Waals surface area contributed by atoms with Crippen molar-refractivity contribution in [1.82, 2.24) is 9.78 Å². The van der Waals surface area contributed by atoms with Gasteiger partial charge in [-0.3, -0.25) is 4.79 Å². The Morgan fingerprint density at radius 2 is 2.17 bits per heavy atom. The molecule has 0 spiro atoms. The maximum absolute atomic E-state index is 12.5. The van der Waals surface area contributed by atoms with Crippen LogP contribution in [0, 0.1) is 12.3 Å². The average molecular weight is 408 g/mol. The molecule has 29 heavy (non-hydrogen) atoms. The molecular formula is C22H18ClN3O3. The number of aromatic nitrogens is 2. The van der Waals surface area contributed by atoms with Crippen molar-refractivity contribution < 1.29 is 14.3 Å². The van der Waals surface area contributed by atoms with E-state index < -0.39 is 0 Å². The molecule has 0 radical (unpaired) electrons. The van der Waals surface area contributed by atoms with Crippen LogP contribution < -0.4 is 14.8 Å². The number of nitrogens with one attached hydrogen (secondary N) is 1. The summed E-state index contributed by atoms with van der Waals surface area (Å²) in [5.74, 6) is 3.95. The molecule has 0 fully saturated rings. The van der Waals surface area contributed by atoms with E-state index in [0.29, 0.717) is 28.8 Å². The number of carbonyl (C=O) groups is 1. The summed E-state index contributed by atoms with van der Waals surface area (Å²) in [4.78, 5) is 12.5. The maximum atomic E-state index is 12.5. The van der Waals surface area contributed by atoms with E-state index in [2.05, 4.69) is 16.3 Å². The fourth-order valence-corrected chi connectivity index (χ4v) is 3.64. The van der Waals surface area contributed by atoms with Crippen LogP contribution in [0.2, 0.25) is 5.02 Å². The molecule has 1 N–H and O–H groups in total. The van der Waals surface area contributed by atoms with Crippen LogP contribution >= 0.6 is 11.6 Å². The van der Waals surface area contributed by atoms with Gasteiger partial charge in [-0.25, -0.2) is 4.68 Å². The average Bonchev–Trinajstić information content (AvgIpc) is 3.15. The number of nitrogens with zero attached hydrogens (tertiary/aromatic N) is 2. The van der Waals surface area contributed by atoms with Crippen LogP contribution in [-0.4, -0.2) is 29.4 Å². The third-order valence-electron chi connectivity index (χ3n) is 4.77. The summed E-state index contributed by atoms with van der Waals surface area (Å²) in [5, 5.41) is 8.01. The number of amides is 1. The molecule has 0 aliphatic carbocycles. The number of benzene rings is 2. The van der Waals surface area contributed by atoms with Crippen LogP contribution in [-0.2, 0) is 4.79 Å². The van der Waals surface area contributed by atoms with E-state index in [1.807, 2.05) is 24.3 Å². The lowest BCUT2D eigenvalue weighted by molar-refractivity contribution is -0.116. The van der Waals surface area contributed by atoms with Gasteiger partial charge in [-0.05, 0) is 35.9 Å². The maximum Gasteiger partial charge on any atom is 0.226 e. The summed E-state index contributed by atoms with van der Waals surface area (Å²) in [7, 11) is 1.57. The highest BCUT2D eigenvalue weighted by molar-refractivity contribution is 6.30. The minimum Gasteiger partial charge on any atom is -0.493 e. The first-order valence-electron chi connectivity index (χ1n) is 8.98. The number of hydrogen-bond donors (Lipinski definition) is 1. The Kier molecular flexibility index (Phi) is 5.15. The van der Waals surface area contributed by atoms with Gasteiger partial charge in [0.05, 0.1) is 19.0 Å². The highest BCUT2D eigenvalue weighted by atomic mass is 35.5. The number of ether oxygens (including phenoxy) is 2. The Bertz CT molecular complexity index is 1120. The van der Waals surface area contributed by atoms with Gasteiger partial charge < -0.3 is 14.8 Å². The molecule has 1 aliphatic heterocycles. The van der Waals surface area contributed by atoms with Crippen LogP contribution in [0.1, 0.15) is 23.5 Å². The SMILES string of the molecule is C#CCOc1ccc([C@H]2CC(=O)Nc3c2cnn3-c2cccc(Cl)c2)cc1OC. The summed E-state index contributed by atoms with van der Waals surface area (Å²) in [6, 6.07) is 12.9. The van der Waals surface area contributed by atoms with Crippen LogP contribution in [0.15, 0.2) is 48.7 Å². The minimum absolute atomic E-state index is 0.0853. The van der Waals surface area contributed by atoms with Crippen LogP contribution in [0.3, 0.4) is 0 Å². The number of anilines is 1. The molecule has 1 atom stereocenters. The van der Waals surface area contributed by atoms with E-state index >= 15 is 0 Å². The Balaban J connectivity index is 1.75. The molecule has 1 aliphatic rings. The van der Waals surface area contributed by atoms with Gasteiger partial charge in [-0.2, -0.15) is 5.10 Å². The molecule has 1 aromatic heterocycles. The number of rotatable bonds is 5. The lowest BCUT2D eigenvalue weighted by atomic mass is 9.87. The van der Waals surface area contributed by atoms with Gasteiger partial charge in [-0.15, -0.1) is 6.42 Å². The van der Waals surface area contributed by atoms with E-state index in [1.165, 1.54) is 0 Å². The van der Waals surface area contributed by atoms with Crippen LogP contribution in [0.4, 0.5) is 5.82 Å². The molecule has 1 amide bonds. The molecule has 2 heterocycles. The lowest BCUT2D eigenvalue weighted by Crippen LogP contribution is -2.24. The molecular weight excluding hydrogens is 390 g/mol. The number of halogens is 1. The highest BCUT2D eigenvalue weighted by Crippen LogP contribution is 2.40. The Morgan fingerprint density at radius 3 is 2.93 bits per heavy atom. The summed E-state index contributed by atoms with van der Waals surface area (Å²) in [6.07, 6.45) is 7.35. The summed E-state index contributed by atoms with van der Waals surface area (Å²) in [6.45, 7) is 0.151. The second kappa shape index (κ2) is 7.90. The zero-order valence-electron chi connectivity index (χ0n) is 15.7. The third-order valence-corrected chi connectivity index (χ3v) is 5.01. The summed E-state index contributed by atoms with van der Waals surface area (Å²) in [5.41, 5.74) is 2.62. The van der Waals surface area contributed by atoms with E-state index in [-0.39, 0.29) is 18.4 Å². The first kappa shape index (κ1) is 18.9. The Hall–Kier alpha value is -3.43. The monoisotopic (exact) mass is 407 g/mol. The molecule has 3 aromatic rings. The van der Waals surface area contributed by atoms with E-state index in [4.69, 9.17) is 27.5 Å². The van der Waals surface area contributed by atoms with Crippen molar-refractivity contribution in [2.45, 2.75) is 12.3 Å². The molecule has 0 bridgehead atoms. The second-order valence-corrected chi connectivity index (χ2v) is 6.98. The number of hydrogen-bond acceptors (Lipinski definition) is 4. The van der Waals surface area contributed by atoms with Gasteiger partial charge in [0.2, 0.25) is 5.91 Å². The number of carbonyl (C=O) groups excluding carboxylic acids is 1. The molecule has 146 valence electrons. The zero-order chi connectivity index (χ0) is 20.4. The van der Waals surface area contributed by atoms with Gasteiger partial charge in [0.15, 0.2) is 11.5 Å². The van der Waals surface area contributed by atoms with Gasteiger partial charge in [0.25, 0.3) is 0 Å². The quantitative estimate of drug-likeness (QED) is 0.649. The van der Waals surface area contributed by atoms with Crippen molar-refractivity contribution in [3.8, 4) is 29.5 Å². The summed E-state index contributed by atoms with van der Waals surface area (Å²) >= 11 is 6.12. The second-order valence-electron chi connectivity index (χ2n) is 6.55. The molecule has 0 saturated heterocycles. The standard InChI is InChI=1S/C22H18ClN3O3/c1-3-9-29-19-8-7-14(10-20(19)28-2)17-12-21(27)25-22-18(17)13-24-26(22)16-6-4-5-15(23)11-16/h1,4-8,10-11,13,17H,9,12H2,2H3,(H,25,27)/t17-/m1/s1. The summed E-state index contributed by atoms with van der Waals surface area (Å²) < 4.78 is 12.6. The van der Waals surface area contributed by atoms with Crippen LogP contribution in [0.25, 0.3) is 5.69 Å². The smallest absolute Gasteiger partial charge is 0.226 e. The largest absolute Gasteiger partial charge is 0.493 e. The first-order valence-corrected chi connectivity index (χ1v) is 9.36. The Labute approximate surface area is 173 Å². The first-order chi connectivity index (χ1) is 14.1. The third kappa shape index (κ3) is 3.65. The number of fused-ring (bicyclic) bond motifs is 1. The number of terminal acetylenes is 1. The number of methoxy groups -OCH3 is 1. The molecule has 7 heteroatoms. The van der Waals surface area contributed by atoms with E-state index in [1.54, 1.807) is 36.2 Å². The van der Waals surface area contributed by atoms with Crippen molar-refractivity contribution in [1.29, 1.82) is 0 Å². The molecule has 0 saturated carbocycles. The normalized spacial score (nSPS) is 15.2. The van der Waals surface area contributed by atoms with Crippen molar-refractivity contribution in [2.24, 2.45) is 0 Å². The molecule has 2 aromatic carbocycles. The predicted octanol–water partition coefficient (Wildman–Crippen LogP) is 4.02. The Morgan fingerprint density at radius 1 is 1.31 bits per heavy atom.